The first kappa shape index (κ1) is 16.5. The standard InChI is InChI=1S/C13H18FN3O2S/c14-10-2-4-11(5-3-10)20-7-1-6-16-13(19)9-17-12(18)8-15/h2-5H,1,6-9,15H2,(H,16,19)(H,17,18). The Morgan fingerprint density at radius 2 is 1.85 bits per heavy atom. The molecule has 1 aromatic rings. The lowest BCUT2D eigenvalue weighted by atomic mass is 10.4. The highest BCUT2D eigenvalue weighted by atomic mass is 32.2. The van der Waals surface area contributed by atoms with E-state index in [9.17, 15) is 14.0 Å². The van der Waals surface area contributed by atoms with E-state index in [2.05, 4.69) is 10.6 Å². The van der Waals surface area contributed by atoms with Crippen molar-refractivity contribution < 1.29 is 14.0 Å². The summed E-state index contributed by atoms with van der Waals surface area (Å²) in [5, 5.41) is 5.08. The van der Waals surface area contributed by atoms with Gasteiger partial charge in [0.25, 0.3) is 0 Å². The van der Waals surface area contributed by atoms with Gasteiger partial charge in [0.05, 0.1) is 13.1 Å². The highest BCUT2D eigenvalue weighted by Crippen LogP contribution is 2.18. The molecule has 0 heterocycles. The fourth-order valence-corrected chi connectivity index (χ4v) is 2.19. The summed E-state index contributed by atoms with van der Waals surface area (Å²) in [6.07, 6.45) is 0.790. The van der Waals surface area contributed by atoms with Crippen LogP contribution in [0.15, 0.2) is 29.2 Å². The Hall–Kier alpha value is -1.60. The highest BCUT2D eigenvalue weighted by molar-refractivity contribution is 7.99. The molecule has 0 aromatic heterocycles. The molecule has 1 rings (SSSR count). The summed E-state index contributed by atoms with van der Waals surface area (Å²) in [4.78, 5) is 23.1. The van der Waals surface area contributed by atoms with Crippen molar-refractivity contribution in [2.24, 2.45) is 5.73 Å². The summed E-state index contributed by atoms with van der Waals surface area (Å²) < 4.78 is 12.7. The number of amides is 2. The zero-order chi connectivity index (χ0) is 14.8. The van der Waals surface area contributed by atoms with Gasteiger partial charge >= 0.3 is 0 Å². The van der Waals surface area contributed by atoms with Crippen molar-refractivity contribution in [3.63, 3.8) is 0 Å². The minimum atomic E-state index is -0.355. The van der Waals surface area contributed by atoms with Gasteiger partial charge in [-0.15, -0.1) is 11.8 Å². The van der Waals surface area contributed by atoms with Crippen LogP contribution in [0, 0.1) is 5.82 Å². The number of hydrogen-bond acceptors (Lipinski definition) is 4. The van der Waals surface area contributed by atoms with E-state index in [0.717, 1.165) is 17.1 Å². The lowest BCUT2D eigenvalue weighted by Crippen LogP contribution is -2.39. The molecule has 0 unspecified atom stereocenters. The van der Waals surface area contributed by atoms with Gasteiger partial charge in [-0.25, -0.2) is 4.39 Å². The molecule has 110 valence electrons. The van der Waals surface area contributed by atoms with Gasteiger partial charge in [0.2, 0.25) is 11.8 Å². The molecule has 20 heavy (non-hydrogen) atoms. The van der Waals surface area contributed by atoms with Crippen molar-refractivity contribution >= 4 is 23.6 Å². The molecular weight excluding hydrogens is 281 g/mol. The van der Waals surface area contributed by atoms with Crippen LogP contribution in [-0.4, -0.2) is 37.2 Å². The van der Waals surface area contributed by atoms with Crippen molar-refractivity contribution in [1.82, 2.24) is 10.6 Å². The van der Waals surface area contributed by atoms with E-state index in [-0.39, 0.29) is 30.7 Å². The zero-order valence-corrected chi connectivity index (χ0v) is 11.8. The fourth-order valence-electron chi connectivity index (χ4n) is 1.33. The van der Waals surface area contributed by atoms with Crippen molar-refractivity contribution in [3.05, 3.63) is 30.1 Å². The molecule has 5 nitrogen and oxygen atoms in total. The number of carbonyl (C=O) groups excluding carboxylic acids is 2. The van der Waals surface area contributed by atoms with E-state index in [1.165, 1.54) is 12.1 Å². The van der Waals surface area contributed by atoms with Gasteiger partial charge in [0.1, 0.15) is 5.82 Å². The second-order valence-corrected chi connectivity index (χ2v) is 5.16. The molecule has 0 aliphatic rings. The number of halogens is 1. The maximum absolute atomic E-state index is 12.7. The lowest BCUT2D eigenvalue weighted by molar-refractivity contribution is -0.125. The minimum Gasteiger partial charge on any atom is -0.355 e. The monoisotopic (exact) mass is 299 g/mol. The molecule has 0 bridgehead atoms. The van der Waals surface area contributed by atoms with Gasteiger partial charge in [-0.05, 0) is 36.4 Å². The summed E-state index contributed by atoms with van der Waals surface area (Å²) >= 11 is 1.60. The van der Waals surface area contributed by atoms with Crippen molar-refractivity contribution in [2.45, 2.75) is 11.3 Å². The van der Waals surface area contributed by atoms with Crippen molar-refractivity contribution in [3.8, 4) is 0 Å². The van der Waals surface area contributed by atoms with Gasteiger partial charge in [-0.1, -0.05) is 0 Å². The molecule has 0 aliphatic carbocycles. The summed E-state index contributed by atoms with van der Waals surface area (Å²) in [6.45, 7) is 0.355. The number of thioether (sulfide) groups is 1. The van der Waals surface area contributed by atoms with E-state index in [1.807, 2.05) is 0 Å². The molecule has 0 spiro atoms. The van der Waals surface area contributed by atoms with Crippen LogP contribution in [-0.2, 0) is 9.59 Å². The van der Waals surface area contributed by atoms with Gasteiger partial charge in [0, 0.05) is 11.4 Å². The molecule has 0 aliphatic heterocycles. The third-order valence-corrected chi connectivity index (χ3v) is 3.46. The number of nitrogens with two attached hydrogens (primary N) is 1. The minimum absolute atomic E-state index is 0.0544. The summed E-state index contributed by atoms with van der Waals surface area (Å²) in [5.41, 5.74) is 5.09. The molecule has 0 radical (unpaired) electrons. The van der Waals surface area contributed by atoms with Crippen LogP contribution in [0.2, 0.25) is 0 Å². The number of carbonyl (C=O) groups is 2. The molecule has 2 amide bonds. The topological polar surface area (TPSA) is 84.2 Å². The zero-order valence-electron chi connectivity index (χ0n) is 11.0. The third-order valence-electron chi connectivity index (χ3n) is 2.36. The number of nitrogens with one attached hydrogen (secondary N) is 2. The maximum Gasteiger partial charge on any atom is 0.239 e. The Kier molecular flexibility index (Phi) is 7.67. The largest absolute Gasteiger partial charge is 0.355 e. The quantitative estimate of drug-likeness (QED) is 0.482. The maximum atomic E-state index is 12.7. The third kappa shape index (κ3) is 7.10. The van der Waals surface area contributed by atoms with Crippen LogP contribution in [0.25, 0.3) is 0 Å². The molecule has 1 aromatic carbocycles. The SMILES string of the molecule is NCC(=O)NCC(=O)NCCCSc1ccc(F)cc1. The molecule has 4 N–H and O–H groups in total. The lowest BCUT2D eigenvalue weighted by Gasteiger charge is -2.06. The molecule has 7 heteroatoms. The first-order chi connectivity index (χ1) is 9.61. The number of benzene rings is 1. The molecule has 0 atom stereocenters. The van der Waals surface area contributed by atoms with E-state index in [0.29, 0.717) is 6.54 Å². The fraction of sp³-hybridized carbons (Fsp3) is 0.385. The predicted octanol–water partition coefficient (Wildman–Crippen LogP) is 0.499. The highest BCUT2D eigenvalue weighted by Gasteiger charge is 2.03. The van der Waals surface area contributed by atoms with Crippen LogP contribution in [0.5, 0.6) is 0 Å². The molecule has 0 saturated heterocycles. The Morgan fingerprint density at radius 3 is 2.50 bits per heavy atom. The van der Waals surface area contributed by atoms with E-state index < -0.39 is 0 Å². The van der Waals surface area contributed by atoms with Crippen LogP contribution in [0.3, 0.4) is 0 Å². The average Bonchev–Trinajstić information content (AvgIpc) is 2.46. The number of rotatable bonds is 8. The predicted molar refractivity (Wildman–Crippen MR) is 76.8 cm³/mol. The Bertz CT molecular complexity index is 440. The Balaban J connectivity index is 2.05. The van der Waals surface area contributed by atoms with E-state index in [1.54, 1.807) is 23.9 Å². The van der Waals surface area contributed by atoms with Crippen LogP contribution < -0.4 is 16.4 Å². The second kappa shape index (κ2) is 9.33. The van der Waals surface area contributed by atoms with Crippen molar-refractivity contribution in [1.29, 1.82) is 0 Å². The van der Waals surface area contributed by atoms with Crippen LogP contribution in [0.4, 0.5) is 4.39 Å². The first-order valence-electron chi connectivity index (χ1n) is 6.23. The normalized spacial score (nSPS) is 10.1. The van der Waals surface area contributed by atoms with Crippen LogP contribution in [0.1, 0.15) is 6.42 Å². The van der Waals surface area contributed by atoms with Gasteiger partial charge in [-0.3, -0.25) is 9.59 Å². The molecule has 0 fully saturated rings. The van der Waals surface area contributed by atoms with Gasteiger partial charge in [0.15, 0.2) is 0 Å². The van der Waals surface area contributed by atoms with Gasteiger partial charge < -0.3 is 16.4 Å². The van der Waals surface area contributed by atoms with Crippen LogP contribution >= 0.6 is 11.8 Å². The van der Waals surface area contributed by atoms with E-state index >= 15 is 0 Å². The summed E-state index contributed by atoms with van der Waals surface area (Å²) in [5.74, 6) is -0.0205. The Morgan fingerprint density at radius 1 is 1.15 bits per heavy atom. The summed E-state index contributed by atoms with van der Waals surface area (Å²) in [7, 11) is 0. The second-order valence-electron chi connectivity index (χ2n) is 3.99. The number of hydrogen-bond donors (Lipinski definition) is 3. The summed E-state index contributed by atoms with van der Waals surface area (Å²) in [6, 6.07) is 6.29. The smallest absolute Gasteiger partial charge is 0.239 e. The molecule has 0 saturated carbocycles. The average molecular weight is 299 g/mol. The van der Waals surface area contributed by atoms with Gasteiger partial charge in [-0.2, -0.15) is 0 Å². The first-order valence-corrected chi connectivity index (χ1v) is 7.22. The Labute approximate surface area is 121 Å². The molecular formula is C13H18FN3O2S. The van der Waals surface area contributed by atoms with Crippen molar-refractivity contribution in [2.75, 3.05) is 25.4 Å². The van der Waals surface area contributed by atoms with E-state index in [4.69, 9.17) is 5.73 Å².